The Kier molecular flexibility index (Phi) is 5.49. The Bertz CT molecular complexity index is 743. The summed E-state index contributed by atoms with van der Waals surface area (Å²) in [7, 11) is 0. The highest BCUT2D eigenvalue weighted by molar-refractivity contribution is 5.93. The summed E-state index contributed by atoms with van der Waals surface area (Å²) >= 11 is 0. The third-order valence-corrected chi connectivity index (χ3v) is 4.67. The van der Waals surface area contributed by atoms with Crippen molar-refractivity contribution in [2.24, 2.45) is 5.41 Å². The van der Waals surface area contributed by atoms with Crippen molar-refractivity contribution in [2.45, 2.75) is 32.0 Å². The van der Waals surface area contributed by atoms with E-state index in [4.69, 9.17) is 4.74 Å². The summed E-state index contributed by atoms with van der Waals surface area (Å²) in [6.07, 6.45) is 2.11. The van der Waals surface area contributed by atoms with Crippen molar-refractivity contribution >= 4 is 5.91 Å². The van der Waals surface area contributed by atoms with E-state index in [0.717, 1.165) is 5.69 Å². The molecule has 2 aromatic heterocycles. The number of aliphatic hydroxyl groups is 2. The van der Waals surface area contributed by atoms with Crippen molar-refractivity contribution in [3.8, 4) is 5.88 Å². The van der Waals surface area contributed by atoms with Gasteiger partial charge < -0.3 is 20.3 Å². The summed E-state index contributed by atoms with van der Waals surface area (Å²) in [5, 5.41) is 22.9. The van der Waals surface area contributed by atoms with Crippen LogP contribution in [0.15, 0.2) is 42.7 Å². The van der Waals surface area contributed by atoms with Gasteiger partial charge in [0.2, 0.25) is 5.88 Å². The van der Waals surface area contributed by atoms with Gasteiger partial charge in [0.15, 0.2) is 0 Å². The Morgan fingerprint density at radius 1 is 1.27 bits per heavy atom. The fourth-order valence-corrected chi connectivity index (χ4v) is 3.25. The van der Waals surface area contributed by atoms with Crippen LogP contribution in [0.1, 0.15) is 28.9 Å². The molecule has 0 bridgehead atoms. The average Bonchev–Trinajstić information content (AvgIpc) is 2.93. The van der Waals surface area contributed by atoms with Crippen LogP contribution in [0.2, 0.25) is 0 Å². The Hall–Kier alpha value is -2.51. The molecule has 26 heavy (non-hydrogen) atoms. The zero-order valence-corrected chi connectivity index (χ0v) is 14.6. The van der Waals surface area contributed by atoms with Crippen LogP contribution in [-0.4, -0.2) is 51.4 Å². The normalized spacial score (nSPS) is 25.0. The SMILES string of the molecule is Cc1cccc(OCC2(CNC(=O)c3cccnc3)C[C@@H](O)[C@@H](O)C2)n1. The lowest BCUT2D eigenvalue weighted by Gasteiger charge is -2.29. The number of carbonyl (C=O) groups excluding carboxylic acids is 1. The molecular weight excluding hydrogens is 334 g/mol. The summed E-state index contributed by atoms with van der Waals surface area (Å²) in [5.41, 5.74) is 0.734. The van der Waals surface area contributed by atoms with E-state index < -0.39 is 17.6 Å². The fourth-order valence-electron chi connectivity index (χ4n) is 3.25. The average molecular weight is 357 g/mol. The molecule has 7 heteroatoms. The number of aryl methyl sites for hydroxylation is 1. The number of pyridine rings is 2. The Morgan fingerprint density at radius 3 is 2.69 bits per heavy atom. The minimum absolute atomic E-state index is 0.241. The summed E-state index contributed by atoms with van der Waals surface area (Å²) in [6, 6.07) is 8.87. The number of aliphatic hydroxyl groups excluding tert-OH is 2. The molecule has 7 nitrogen and oxygen atoms in total. The molecule has 0 aromatic carbocycles. The highest BCUT2D eigenvalue weighted by Gasteiger charge is 2.45. The number of ether oxygens (including phenoxy) is 1. The van der Waals surface area contributed by atoms with Gasteiger partial charge in [-0.25, -0.2) is 4.98 Å². The van der Waals surface area contributed by atoms with E-state index in [9.17, 15) is 15.0 Å². The summed E-state index contributed by atoms with van der Waals surface area (Å²) in [6.45, 7) is 2.39. The van der Waals surface area contributed by atoms with Gasteiger partial charge in [0, 0.05) is 36.1 Å². The van der Waals surface area contributed by atoms with E-state index in [1.807, 2.05) is 19.1 Å². The van der Waals surface area contributed by atoms with Gasteiger partial charge in [-0.1, -0.05) is 6.07 Å². The molecule has 2 aromatic rings. The van der Waals surface area contributed by atoms with Crippen molar-refractivity contribution in [2.75, 3.05) is 13.2 Å². The number of hydrogen-bond acceptors (Lipinski definition) is 6. The van der Waals surface area contributed by atoms with E-state index in [1.54, 1.807) is 24.4 Å². The first-order chi connectivity index (χ1) is 12.5. The van der Waals surface area contributed by atoms with Crippen molar-refractivity contribution in [1.82, 2.24) is 15.3 Å². The quantitative estimate of drug-likeness (QED) is 0.715. The maximum atomic E-state index is 12.3. The van der Waals surface area contributed by atoms with E-state index in [-0.39, 0.29) is 19.1 Å². The molecule has 1 aliphatic rings. The molecule has 1 amide bonds. The molecule has 3 N–H and O–H groups in total. The molecule has 0 saturated heterocycles. The number of amides is 1. The Balaban J connectivity index is 1.67. The third-order valence-electron chi connectivity index (χ3n) is 4.67. The van der Waals surface area contributed by atoms with Crippen LogP contribution in [0.25, 0.3) is 0 Å². The first-order valence-electron chi connectivity index (χ1n) is 8.58. The second-order valence-electron chi connectivity index (χ2n) is 6.87. The minimum Gasteiger partial charge on any atom is -0.477 e. The lowest BCUT2D eigenvalue weighted by Crippen LogP contribution is -2.40. The number of hydrogen-bond donors (Lipinski definition) is 3. The number of carbonyl (C=O) groups is 1. The molecule has 0 radical (unpaired) electrons. The van der Waals surface area contributed by atoms with Gasteiger partial charge in [0.1, 0.15) is 0 Å². The minimum atomic E-state index is -0.834. The van der Waals surface area contributed by atoms with Crippen LogP contribution < -0.4 is 10.1 Å². The number of aromatic nitrogens is 2. The van der Waals surface area contributed by atoms with Gasteiger partial charge in [-0.15, -0.1) is 0 Å². The molecule has 2 heterocycles. The summed E-state index contributed by atoms with van der Waals surface area (Å²) in [4.78, 5) is 20.5. The van der Waals surface area contributed by atoms with Crippen LogP contribution in [0, 0.1) is 12.3 Å². The first-order valence-corrected chi connectivity index (χ1v) is 8.58. The van der Waals surface area contributed by atoms with E-state index in [2.05, 4.69) is 15.3 Å². The second-order valence-corrected chi connectivity index (χ2v) is 6.87. The Morgan fingerprint density at radius 2 is 2.04 bits per heavy atom. The lowest BCUT2D eigenvalue weighted by atomic mass is 9.86. The maximum Gasteiger partial charge on any atom is 0.252 e. The van der Waals surface area contributed by atoms with Gasteiger partial charge in [0.05, 0.1) is 24.4 Å². The molecular formula is C19H23N3O4. The van der Waals surface area contributed by atoms with Gasteiger partial charge >= 0.3 is 0 Å². The Labute approximate surface area is 152 Å². The van der Waals surface area contributed by atoms with Crippen LogP contribution in [0.4, 0.5) is 0 Å². The van der Waals surface area contributed by atoms with Crippen LogP contribution in [0.3, 0.4) is 0 Å². The first kappa shape index (κ1) is 18.3. The highest BCUT2D eigenvalue weighted by Crippen LogP contribution is 2.38. The monoisotopic (exact) mass is 357 g/mol. The summed E-state index contributed by atoms with van der Waals surface area (Å²) < 4.78 is 5.81. The zero-order valence-electron chi connectivity index (χ0n) is 14.6. The van der Waals surface area contributed by atoms with Crippen molar-refractivity contribution in [3.63, 3.8) is 0 Å². The number of nitrogens with zero attached hydrogens (tertiary/aromatic N) is 2. The maximum absolute atomic E-state index is 12.3. The lowest BCUT2D eigenvalue weighted by molar-refractivity contribution is 0.0438. The molecule has 3 atom stereocenters. The van der Waals surface area contributed by atoms with Crippen LogP contribution in [0.5, 0.6) is 5.88 Å². The van der Waals surface area contributed by atoms with E-state index >= 15 is 0 Å². The van der Waals surface area contributed by atoms with Gasteiger partial charge in [0.25, 0.3) is 5.91 Å². The van der Waals surface area contributed by atoms with Crippen molar-refractivity contribution in [3.05, 3.63) is 54.0 Å². The third kappa shape index (κ3) is 4.36. The molecule has 0 aliphatic heterocycles. The zero-order chi connectivity index (χ0) is 18.6. The predicted octanol–water partition coefficient (Wildman–Crippen LogP) is 1.10. The molecule has 3 rings (SSSR count). The fraction of sp³-hybridized carbons (Fsp3) is 0.421. The standard InChI is InChI=1S/C19H23N3O4/c1-13-4-2-6-17(22-13)26-12-19(8-15(23)16(24)9-19)11-21-18(25)14-5-3-7-20-10-14/h2-7,10,15-16,23-24H,8-9,11-12H2,1H3,(H,21,25)/t15-,16+,19?. The second kappa shape index (κ2) is 7.80. The molecule has 1 fully saturated rings. The van der Waals surface area contributed by atoms with Gasteiger partial charge in [-0.2, -0.15) is 0 Å². The van der Waals surface area contributed by atoms with Gasteiger partial charge in [-0.3, -0.25) is 9.78 Å². The summed E-state index contributed by atoms with van der Waals surface area (Å²) in [5.74, 6) is 0.237. The largest absolute Gasteiger partial charge is 0.477 e. The molecule has 1 aliphatic carbocycles. The smallest absolute Gasteiger partial charge is 0.252 e. The van der Waals surface area contributed by atoms with Crippen molar-refractivity contribution < 1.29 is 19.7 Å². The molecule has 0 spiro atoms. The van der Waals surface area contributed by atoms with E-state index in [1.165, 1.54) is 6.20 Å². The van der Waals surface area contributed by atoms with E-state index in [0.29, 0.717) is 24.3 Å². The topological polar surface area (TPSA) is 105 Å². The highest BCUT2D eigenvalue weighted by atomic mass is 16.5. The molecule has 1 saturated carbocycles. The predicted molar refractivity (Wildman–Crippen MR) is 94.7 cm³/mol. The number of rotatable bonds is 6. The van der Waals surface area contributed by atoms with Crippen LogP contribution >= 0.6 is 0 Å². The number of nitrogens with one attached hydrogen (secondary N) is 1. The molecule has 1 unspecified atom stereocenters. The molecule has 138 valence electrons. The van der Waals surface area contributed by atoms with Gasteiger partial charge in [-0.05, 0) is 38.0 Å². The van der Waals surface area contributed by atoms with Crippen molar-refractivity contribution in [1.29, 1.82) is 0 Å². The van der Waals surface area contributed by atoms with Crippen LogP contribution in [-0.2, 0) is 0 Å².